The first-order valence-electron chi connectivity index (χ1n) is 3.94. The third kappa shape index (κ3) is 2.44. The quantitative estimate of drug-likeness (QED) is 0.657. The molecular formula is C8H13N3S. The summed E-state index contributed by atoms with van der Waals surface area (Å²) in [5, 5.41) is 9.26. The molecule has 4 heteroatoms. The van der Waals surface area contributed by atoms with Crippen molar-refractivity contribution in [2.75, 3.05) is 0 Å². The van der Waals surface area contributed by atoms with Gasteiger partial charge < -0.3 is 0 Å². The van der Waals surface area contributed by atoms with Crippen LogP contribution in [0.25, 0.3) is 0 Å². The molecular weight excluding hydrogens is 170 g/mol. The molecule has 0 radical (unpaired) electrons. The van der Waals surface area contributed by atoms with Crippen LogP contribution in [0.4, 0.5) is 0 Å². The second-order valence-corrected chi connectivity index (χ2v) is 4.48. The van der Waals surface area contributed by atoms with E-state index in [4.69, 9.17) is 0 Å². The van der Waals surface area contributed by atoms with E-state index in [1.54, 1.807) is 11.8 Å². The van der Waals surface area contributed by atoms with Gasteiger partial charge in [-0.3, -0.25) is 0 Å². The molecule has 0 N–H and O–H groups in total. The number of hydrogen-bond donors (Lipinski definition) is 0. The van der Waals surface area contributed by atoms with Crippen molar-refractivity contribution >= 4 is 11.8 Å². The Labute approximate surface area is 77.0 Å². The summed E-state index contributed by atoms with van der Waals surface area (Å²) in [6.07, 6.45) is 0. The van der Waals surface area contributed by atoms with Crippen molar-refractivity contribution in [1.29, 1.82) is 0 Å². The summed E-state index contributed by atoms with van der Waals surface area (Å²) in [7, 11) is 0. The second kappa shape index (κ2) is 3.85. The van der Waals surface area contributed by atoms with E-state index in [0.29, 0.717) is 5.25 Å². The highest BCUT2D eigenvalue weighted by molar-refractivity contribution is 7.99. The lowest BCUT2D eigenvalue weighted by Gasteiger charge is -2.03. The molecule has 1 heterocycles. The summed E-state index contributed by atoms with van der Waals surface area (Å²) in [5.41, 5.74) is 1.87. The van der Waals surface area contributed by atoms with Crippen LogP contribution >= 0.6 is 11.8 Å². The number of hydrogen-bond acceptors (Lipinski definition) is 4. The van der Waals surface area contributed by atoms with Gasteiger partial charge in [0.05, 0.1) is 11.4 Å². The average molecular weight is 183 g/mol. The molecule has 0 spiro atoms. The van der Waals surface area contributed by atoms with Gasteiger partial charge in [-0.05, 0) is 13.8 Å². The molecule has 1 rings (SSSR count). The monoisotopic (exact) mass is 183 g/mol. The first kappa shape index (κ1) is 9.45. The molecule has 0 saturated heterocycles. The molecule has 3 nitrogen and oxygen atoms in total. The Balaban J connectivity index is 2.82. The fraction of sp³-hybridized carbons (Fsp3) is 0.625. The second-order valence-electron chi connectivity index (χ2n) is 2.93. The third-order valence-electron chi connectivity index (χ3n) is 1.41. The van der Waals surface area contributed by atoms with Gasteiger partial charge in [-0.1, -0.05) is 25.6 Å². The Hall–Kier alpha value is -0.640. The summed E-state index contributed by atoms with van der Waals surface area (Å²) < 4.78 is 0. The first-order chi connectivity index (χ1) is 5.59. The number of rotatable bonds is 2. The zero-order valence-electron chi connectivity index (χ0n) is 7.83. The summed E-state index contributed by atoms with van der Waals surface area (Å²) in [5.74, 6) is 0. The number of aryl methyl sites for hydroxylation is 2. The Morgan fingerprint density at radius 2 is 1.75 bits per heavy atom. The average Bonchev–Trinajstić information content (AvgIpc) is 1.96. The molecule has 12 heavy (non-hydrogen) atoms. The topological polar surface area (TPSA) is 38.7 Å². The van der Waals surface area contributed by atoms with E-state index in [1.807, 2.05) is 13.8 Å². The molecule has 0 atom stereocenters. The molecule has 1 aromatic heterocycles. The smallest absolute Gasteiger partial charge is 0.209 e. The summed E-state index contributed by atoms with van der Waals surface area (Å²) in [4.78, 5) is 4.30. The van der Waals surface area contributed by atoms with E-state index >= 15 is 0 Å². The highest BCUT2D eigenvalue weighted by atomic mass is 32.2. The molecule has 0 saturated carbocycles. The van der Waals surface area contributed by atoms with Gasteiger partial charge >= 0.3 is 0 Å². The molecule has 0 bridgehead atoms. The fourth-order valence-corrected chi connectivity index (χ4v) is 1.40. The van der Waals surface area contributed by atoms with Crippen molar-refractivity contribution in [3.05, 3.63) is 11.4 Å². The molecule has 0 aliphatic carbocycles. The van der Waals surface area contributed by atoms with E-state index in [9.17, 15) is 0 Å². The van der Waals surface area contributed by atoms with E-state index in [-0.39, 0.29) is 0 Å². The van der Waals surface area contributed by atoms with E-state index < -0.39 is 0 Å². The fourth-order valence-electron chi connectivity index (χ4n) is 0.698. The molecule has 0 aliphatic rings. The van der Waals surface area contributed by atoms with Crippen LogP contribution in [-0.4, -0.2) is 20.4 Å². The molecule has 0 aliphatic heterocycles. The van der Waals surface area contributed by atoms with Crippen molar-refractivity contribution < 1.29 is 0 Å². The normalized spacial score (nSPS) is 10.8. The predicted molar refractivity (Wildman–Crippen MR) is 50.3 cm³/mol. The van der Waals surface area contributed by atoms with Crippen LogP contribution in [-0.2, 0) is 0 Å². The molecule has 1 aromatic rings. The van der Waals surface area contributed by atoms with Crippen molar-refractivity contribution in [2.24, 2.45) is 0 Å². The maximum atomic E-state index is 4.30. The number of aromatic nitrogens is 3. The van der Waals surface area contributed by atoms with Crippen molar-refractivity contribution in [3.63, 3.8) is 0 Å². The zero-order chi connectivity index (χ0) is 9.14. The third-order valence-corrected chi connectivity index (χ3v) is 2.27. The Morgan fingerprint density at radius 3 is 2.25 bits per heavy atom. The minimum Gasteiger partial charge on any atom is -0.225 e. The summed E-state index contributed by atoms with van der Waals surface area (Å²) in [6, 6.07) is 0. The maximum Gasteiger partial charge on any atom is 0.209 e. The molecule has 0 fully saturated rings. The van der Waals surface area contributed by atoms with E-state index in [2.05, 4.69) is 29.0 Å². The Bertz CT molecular complexity index is 273. The first-order valence-corrected chi connectivity index (χ1v) is 4.82. The molecule has 66 valence electrons. The lowest BCUT2D eigenvalue weighted by atomic mass is 10.4. The maximum absolute atomic E-state index is 4.30. The largest absolute Gasteiger partial charge is 0.225 e. The van der Waals surface area contributed by atoms with E-state index in [0.717, 1.165) is 16.5 Å². The summed E-state index contributed by atoms with van der Waals surface area (Å²) >= 11 is 1.64. The lowest BCUT2D eigenvalue weighted by molar-refractivity contribution is 0.786. The van der Waals surface area contributed by atoms with Gasteiger partial charge in [-0.15, -0.1) is 5.10 Å². The lowest BCUT2D eigenvalue weighted by Crippen LogP contribution is -1.99. The SMILES string of the molecule is Cc1nnc(SC(C)C)nc1C. The zero-order valence-corrected chi connectivity index (χ0v) is 8.64. The Morgan fingerprint density at radius 1 is 1.08 bits per heavy atom. The molecule has 0 amide bonds. The van der Waals surface area contributed by atoms with Gasteiger partial charge in [-0.2, -0.15) is 5.10 Å². The van der Waals surface area contributed by atoms with Crippen LogP contribution in [0.2, 0.25) is 0 Å². The van der Waals surface area contributed by atoms with Gasteiger partial charge in [0.2, 0.25) is 5.16 Å². The minimum absolute atomic E-state index is 0.508. The van der Waals surface area contributed by atoms with Crippen LogP contribution in [0, 0.1) is 13.8 Å². The van der Waals surface area contributed by atoms with Crippen LogP contribution in [0.5, 0.6) is 0 Å². The van der Waals surface area contributed by atoms with Crippen molar-refractivity contribution in [1.82, 2.24) is 15.2 Å². The number of nitrogens with zero attached hydrogens (tertiary/aromatic N) is 3. The highest BCUT2D eigenvalue weighted by Crippen LogP contribution is 2.17. The molecule has 0 aromatic carbocycles. The predicted octanol–water partition coefficient (Wildman–Crippen LogP) is 1.99. The number of thioether (sulfide) groups is 1. The van der Waals surface area contributed by atoms with Gasteiger partial charge in [-0.25, -0.2) is 4.98 Å². The minimum atomic E-state index is 0.508. The van der Waals surface area contributed by atoms with Crippen LogP contribution in [0.3, 0.4) is 0 Å². The van der Waals surface area contributed by atoms with Crippen LogP contribution in [0.15, 0.2) is 5.16 Å². The van der Waals surface area contributed by atoms with Crippen LogP contribution < -0.4 is 0 Å². The standard InChI is InChI=1S/C8H13N3S/c1-5(2)12-8-9-6(3)7(4)10-11-8/h5H,1-4H3. The van der Waals surface area contributed by atoms with Gasteiger partial charge in [0.1, 0.15) is 0 Å². The van der Waals surface area contributed by atoms with Crippen molar-refractivity contribution in [3.8, 4) is 0 Å². The molecule has 0 unspecified atom stereocenters. The summed E-state index contributed by atoms with van der Waals surface area (Å²) in [6.45, 7) is 8.10. The van der Waals surface area contributed by atoms with Gasteiger partial charge in [0.25, 0.3) is 0 Å². The van der Waals surface area contributed by atoms with Crippen molar-refractivity contribution in [2.45, 2.75) is 38.1 Å². The van der Waals surface area contributed by atoms with Gasteiger partial charge in [0, 0.05) is 5.25 Å². The highest BCUT2D eigenvalue weighted by Gasteiger charge is 2.03. The van der Waals surface area contributed by atoms with Gasteiger partial charge in [0.15, 0.2) is 0 Å². The van der Waals surface area contributed by atoms with E-state index in [1.165, 1.54) is 0 Å². The van der Waals surface area contributed by atoms with Crippen LogP contribution in [0.1, 0.15) is 25.2 Å². The Kier molecular flexibility index (Phi) is 3.03.